The number of aromatic nitrogens is 2. The number of ether oxygens (including phenoxy) is 2. The number of hydrogen-bond donors (Lipinski definition) is 2. The van der Waals surface area contributed by atoms with Gasteiger partial charge in [-0.1, -0.05) is 30.3 Å². The molecule has 0 saturated heterocycles. The number of carbonyl (C=O) groups excluding carboxylic acids is 2. The molecule has 2 N–H and O–H groups in total. The summed E-state index contributed by atoms with van der Waals surface area (Å²) in [7, 11) is 0. The molecule has 0 fully saturated rings. The summed E-state index contributed by atoms with van der Waals surface area (Å²) in [5.41, 5.74) is -0.829. The lowest BCUT2D eigenvalue weighted by atomic mass is 9.85. The normalized spacial score (nSPS) is 10.9. The van der Waals surface area contributed by atoms with Crippen molar-refractivity contribution < 1.29 is 29.3 Å². The molecule has 10 heteroatoms. The van der Waals surface area contributed by atoms with Crippen molar-refractivity contribution in [3.8, 4) is 11.5 Å². The maximum Gasteiger partial charge on any atom is 0.326 e. The van der Waals surface area contributed by atoms with Gasteiger partial charge in [0.05, 0.1) is 30.3 Å². The molecule has 2 heterocycles. The van der Waals surface area contributed by atoms with Gasteiger partial charge in [0.2, 0.25) is 0 Å². The highest BCUT2D eigenvalue weighted by Crippen LogP contribution is 2.37. The molecule has 10 nitrogen and oxygen atoms in total. The minimum Gasteiger partial charge on any atom is -0.507 e. The van der Waals surface area contributed by atoms with E-state index in [0.29, 0.717) is 17.0 Å². The van der Waals surface area contributed by atoms with Gasteiger partial charge in [-0.15, -0.1) is 0 Å². The standard InChI is InChI=1S/C27H30N2O8/c1-5-36-21(32)14-28-16(3)12-19(30)24(26(28)34)23(18-10-8-7-9-11-18)25-20(31)13-17(4)29(27(25)35)15-22(33)37-6-2/h7-13,23,30-31H,5-6,14-15H2,1-4H3. The van der Waals surface area contributed by atoms with Crippen molar-refractivity contribution in [1.82, 2.24) is 9.13 Å². The summed E-state index contributed by atoms with van der Waals surface area (Å²) in [5.74, 6) is -3.32. The van der Waals surface area contributed by atoms with Gasteiger partial charge in [-0.3, -0.25) is 19.2 Å². The van der Waals surface area contributed by atoms with Crippen LogP contribution in [0.5, 0.6) is 11.5 Å². The van der Waals surface area contributed by atoms with Gasteiger partial charge in [-0.05, 0) is 45.4 Å². The van der Waals surface area contributed by atoms with Crippen LogP contribution in [-0.2, 0) is 32.2 Å². The minimum atomic E-state index is -1.22. The second-order valence-electron chi connectivity index (χ2n) is 8.41. The van der Waals surface area contributed by atoms with Gasteiger partial charge in [-0.2, -0.15) is 0 Å². The molecule has 0 amide bonds. The maximum atomic E-state index is 13.7. The summed E-state index contributed by atoms with van der Waals surface area (Å²) in [6.45, 7) is 5.84. The Morgan fingerprint density at radius 3 is 1.57 bits per heavy atom. The predicted octanol–water partition coefficient (Wildman–Crippen LogP) is 2.34. The molecule has 1 aromatic carbocycles. The summed E-state index contributed by atoms with van der Waals surface area (Å²) in [5, 5.41) is 21.9. The molecule has 0 atom stereocenters. The van der Waals surface area contributed by atoms with Gasteiger partial charge in [0.15, 0.2) is 0 Å². The number of rotatable bonds is 9. The fourth-order valence-corrected chi connectivity index (χ4v) is 4.27. The Bertz CT molecular complexity index is 1330. The Morgan fingerprint density at radius 1 is 0.784 bits per heavy atom. The zero-order chi connectivity index (χ0) is 27.3. The highest BCUT2D eigenvalue weighted by atomic mass is 16.5. The molecular weight excluding hydrogens is 480 g/mol. The van der Waals surface area contributed by atoms with Crippen LogP contribution in [0.3, 0.4) is 0 Å². The van der Waals surface area contributed by atoms with Gasteiger partial charge < -0.3 is 28.8 Å². The zero-order valence-corrected chi connectivity index (χ0v) is 21.2. The van der Waals surface area contributed by atoms with E-state index in [0.717, 1.165) is 9.13 Å². The van der Waals surface area contributed by atoms with Crippen molar-refractivity contribution in [3.63, 3.8) is 0 Å². The summed E-state index contributed by atoms with van der Waals surface area (Å²) >= 11 is 0. The van der Waals surface area contributed by atoms with E-state index in [2.05, 4.69) is 0 Å². The molecule has 0 aliphatic rings. The van der Waals surface area contributed by atoms with Crippen molar-refractivity contribution in [2.24, 2.45) is 0 Å². The number of hydrogen-bond acceptors (Lipinski definition) is 8. The van der Waals surface area contributed by atoms with Crippen LogP contribution in [0, 0.1) is 13.8 Å². The highest BCUT2D eigenvalue weighted by Gasteiger charge is 2.31. The molecule has 0 aliphatic carbocycles. The van der Waals surface area contributed by atoms with E-state index in [9.17, 15) is 29.4 Å². The second-order valence-corrected chi connectivity index (χ2v) is 8.41. The molecule has 0 bridgehead atoms. The quantitative estimate of drug-likeness (QED) is 0.419. The molecule has 0 saturated carbocycles. The van der Waals surface area contributed by atoms with E-state index in [-0.39, 0.29) is 24.3 Å². The molecule has 3 rings (SSSR count). The van der Waals surface area contributed by atoms with E-state index in [4.69, 9.17) is 9.47 Å². The first-order valence-electron chi connectivity index (χ1n) is 11.8. The topological polar surface area (TPSA) is 137 Å². The minimum absolute atomic E-state index is 0.126. The highest BCUT2D eigenvalue weighted by molar-refractivity contribution is 5.70. The molecule has 0 spiro atoms. The van der Waals surface area contributed by atoms with Crippen LogP contribution >= 0.6 is 0 Å². The number of benzene rings is 1. The van der Waals surface area contributed by atoms with Crippen LogP contribution < -0.4 is 11.1 Å². The molecule has 37 heavy (non-hydrogen) atoms. The molecule has 0 aliphatic heterocycles. The molecule has 3 aromatic rings. The lowest BCUT2D eigenvalue weighted by Crippen LogP contribution is -2.35. The van der Waals surface area contributed by atoms with Crippen molar-refractivity contribution in [2.75, 3.05) is 13.2 Å². The molecule has 0 radical (unpaired) electrons. The first-order valence-corrected chi connectivity index (χ1v) is 11.8. The first kappa shape index (κ1) is 27.3. The van der Waals surface area contributed by atoms with Crippen LogP contribution in [0.1, 0.15) is 47.8 Å². The van der Waals surface area contributed by atoms with Gasteiger partial charge in [0.25, 0.3) is 11.1 Å². The zero-order valence-electron chi connectivity index (χ0n) is 21.2. The van der Waals surface area contributed by atoms with Crippen molar-refractivity contribution in [3.05, 3.63) is 91.3 Å². The molecule has 0 unspecified atom stereocenters. The second kappa shape index (κ2) is 11.6. The van der Waals surface area contributed by atoms with Crippen LogP contribution in [0.25, 0.3) is 0 Å². The van der Waals surface area contributed by atoms with Crippen molar-refractivity contribution >= 4 is 11.9 Å². The third-order valence-corrected chi connectivity index (χ3v) is 5.94. The van der Waals surface area contributed by atoms with E-state index in [1.165, 1.54) is 12.1 Å². The summed E-state index contributed by atoms with van der Waals surface area (Å²) in [6, 6.07) is 11.0. The Labute approximate surface area is 213 Å². The first-order chi connectivity index (χ1) is 17.6. The third kappa shape index (κ3) is 5.74. The third-order valence-electron chi connectivity index (χ3n) is 5.94. The van der Waals surface area contributed by atoms with Gasteiger partial charge in [0, 0.05) is 11.4 Å². The fraction of sp³-hybridized carbons (Fsp3) is 0.333. The average molecular weight is 511 g/mol. The molecular formula is C27H30N2O8. The van der Waals surface area contributed by atoms with E-state index in [1.54, 1.807) is 58.0 Å². The maximum absolute atomic E-state index is 13.7. The van der Waals surface area contributed by atoms with Gasteiger partial charge in [0.1, 0.15) is 24.6 Å². The number of aromatic hydroxyl groups is 2. The number of carbonyl (C=O) groups is 2. The average Bonchev–Trinajstić information content (AvgIpc) is 2.84. The SMILES string of the molecule is CCOC(=O)Cn1c(C)cc(O)c(C(c2ccccc2)c2c(O)cc(C)n(CC(=O)OCC)c2=O)c1=O. The Morgan fingerprint density at radius 2 is 1.19 bits per heavy atom. The fourth-order valence-electron chi connectivity index (χ4n) is 4.27. The van der Waals surface area contributed by atoms with Crippen molar-refractivity contribution in [2.45, 2.75) is 46.7 Å². The Kier molecular flexibility index (Phi) is 8.54. The number of aryl methyl sites for hydroxylation is 2. The van der Waals surface area contributed by atoms with Gasteiger partial charge >= 0.3 is 11.9 Å². The Balaban J connectivity index is 2.34. The number of nitrogens with zero attached hydrogens (tertiary/aromatic N) is 2. The van der Waals surface area contributed by atoms with Gasteiger partial charge in [-0.25, -0.2) is 0 Å². The number of esters is 2. The summed E-state index contributed by atoms with van der Waals surface area (Å²) < 4.78 is 12.3. The van der Waals surface area contributed by atoms with Crippen LogP contribution in [-0.4, -0.2) is 44.5 Å². The van der Waals surface area contributed by atoms with E-state index in [1.807, 2.05) is 0 Å². The van der Waals surface area contributed by atoms with E-state index < -0.39 is 53.6 Å². The molecule has 196 valence electrons. The number of pyridine rings is 2. The Hall–Kier alpha value is -4.34. The lowest BCUT2D eigenvalue weighted by Gasteiger charge is -2.23. The summed E-state index contributed by atoms with van der Waals surface area (Å²) in [6.07, 6.45) is 0. The molecule has 2 aromatic heterocycles. The van der Waals surface area contributed by atoms with Crippen LogP contribution in [0.2, 0.25) is 0 Å². The van der Waals surface area contributed by atoms with Crippen molar-refractivity contribution in [1.29, 1.82) is 0 Å². The largest absolute Gasteiger partial charge is 0.507 e. The van der Waals surface area contributed by atoms with Crippen LogP contribution in [0.15, 0.2) is 52.1 Å². The summed E-state index contributed by atoms with van der Waals surface area (Å²) in [4.78, 5) is 51.8. The monoisotopic (exact) mass is 510 g/mol. The lowest BCUT2D eigenvalue weighted by molar-refractivity contribution is -0.144. The van der Waals surface area contributed by atoms with E-state index >= 15 is 0 Å². The van der Waals surface area contributed by atoms with Crippen LogP contribution in [0.4, 0.5) is 0 Å². The smallest absolute Gasteiger partial charge is 0.326 e. The predicted molar refractivity (Wildman–Crippen MR) is 135 cm³/mol.